The lowest BCUT2D eigenvalue weighted by atomic mass is 9.87. The number of benzene rings is 2. The van der Waals surface area contributed by atoms with Gasteiger partial charge in [0.05, 0.1) is 17.3 Å². The van der Waals surface area contributed by atoms with Crippen LogP contribution in [0.5, 0.6) is 0 Å². The lowest BCUT2D eigenvalue weighted by molar-refractivity contribution is -0.118. The van der Waals surface area contributed by atoms with Crippen molar-refractivity contribution in [1.29, 1.82) is 5.26 Å². The van der Waals surface area contributed by atoms with Crippen LogP contribution in [0, 0.1) is 11.3 Å². The number of hydrogen-bond acceptors (Lipinski definition) is 3. The second-order valence-corrected chi connectivity index (χ2v) is 6.18. The number of rotatable bonds is 4. The zero-order valence-electron chi connectivity index (χ0n) is 13.8. The highest BCUT2D eigenvalue weighted by atomic mass is 16.2. The molecule has 0 heterocycles. The van der Waals surface area contributed by atoms with Gasteiger partial charge in [-0.1, -0.05) is 36.4 Å². The molecule has 2 aromatic rings. The van der Waals surface area contributed by atoms with Gasteiger partial charge in [0, 0.05) is 6.04 Å². The van der Waals surface area contributed by atoms with E-state index < -0.39 is 0 Å². The molecule has 0 fully saturated rings. The minimum atomic E-state index is -0.340. The Morgan fingerprint density at radius 2 is 1.96 bits per heavy atom. The number of nitriles is 1. The van der Waals surface area contributed by atoms with Crippen LogP contribution in [0.4, 0.5) is 5.69 Å². The van der Waals surface area contributed by atoms with E-state index in [4.69, 9.17) is 5.26 Å². The second-order valence-electron chi connectivity index (χ2n) is 6.18. The molecule has 0 spiro atoms. The summed E-state index contributed by atoms with van der Waals surface area (Å²) in [7, 11) is 0. The molecule has 0 bridgehead atoms. The van der Waals surface area contributed by atoms with Crippen molar-refractivity contribution in [1.82, 2.24) is 5.32 Å². The quantitative estimate of drug-likeness (QED) is 0.905. The van der Waals surface area contributed by atoms with Crippen LogP contribution >= 0.6 is 0 Å². The maximum Gasteiger partial charge on any atom is 0.241 e. The minimum Gasteiger partial charge on any atom is -0.324 e. The third-order valence-electron chi connectivity index (χ3n) is 4.52. The van der Waals surface area contributed by atoms with Gasteiger partial charge in [0.15, 0.2) is 0 Å². The Kier molecular flexibility index (Phi) is 4.93. The zero-order chi connectivity index (χ0) is 16.9. The van der Waals surface area contributed by atoms with Gasteiger partial charge >= 0.3 is 0 Å². The first kappa shape index (κ1) is 16.2. The van der Waals surface area contributed by atoms with Crippen molar-refractivity contribution in [3.05, 3.63) is 65.2 Å². The van der Waals surface area contributed by atoms with Crippen molar-refractivity contribution in [3.63, 3.8) is 0 Å². The van der Waals surface area contributed by atoms with Gasteiger partial charge in [-0.3, -0.25) is 10.1 Å². The first-order valence-electron chi connectivity index (χ1n) is 8.33. The van der Waals surface area contributed by atoms with E-state index in [1.165, 1.54) is 11.1 Å². The molecule has 0 aromatic heterocycles. The molecule has 2 aromatic carbocycles. The molecule has 3 rings (SSSR count). The van der Waals surface area contributed by atoms with Crippen LogP contribution in [-0.2, 0) is 11.2 Å². The topological polar surface area (TPSA) is 64.9 Å². The molecule has 0 saturated carbocycles. The van der Waals surface area contributed by atoms with Crippen molar-refractivity contribution >= 4 is 11.6 Å². The number of nitrogens with one attached hydrogen (secondary N) is 2. The number of para-hydroxylation sites is 1. The van der Waals surface area contributed by atoms with Gasteiger partial charge in [-0.05, 0) is 49.4 Å². The molecule has 122 valence electrons. The average molecular weight is 319 g/mol. The van der Waals surface area contributed by atoms with Gasteiger partial charge in [-0.2, -0.15) is 5.26 Å². The molecule has 1 aliphatic rings. The average Bonchev–Trinajstić information content (AvgIpc) is 2.62. The predicted octanol–water partition coefficient (Wildman–Crippen LogP) is 3.55. The van der Waals surface area contributed by atoms with Gasteiger partial charge in [0.25, 0.3) is 0 Å². The molecule has 2 N–H and O–H groups in total. The smallest absolute Gasteiger partial charge is 0.241 e. The van der Waals surface area contributed by atoms with Crippen LogP contribution in [0.25, 0.3) is 0 Å². The van der Waals surface area contributed by atoms with E-state index in [1.807, 2.05) is 19.1 Å². The molecular formula is C20H21N3O. The number of fused-ring (bicyclic) bond motifs is 1. The minimum absolute atomic E-state index is 0.124. The Morgan fingerprint density at radius 3 is 2.79 bits per heavy atom. The molecule has 0 radical (unpaired) electrons. The lowest BCUT2D eigenvalue weighted by Gasteiger charge is -2.29. The first-order valence-corrected chi connectivity index (χ1v) is 8.33. The van der Waals surface area contributed by atoms with Crippen LogP contribution < -0.4 is 10.6 Å². The van der Waals surface area contributed by atoms with E-state index in [1.54, 1.807) is 18.2 Å². The van der Waals surface area contributed by atoms with Crippen molar-refractivity contribution in [2.75, 3.05) is 5.32 Å². The van der Waals surface area contributed by atoms with Crippen molar-refractivity contribution < 1.29 is 4.79 Å². The molecule has 0 aliphatic heterocycles. The fourth-order valence-electron chi connectivity index (χ4n) is 3.24. The molecule has 0 unspecified atom stereocenters. The van der Waals surface area contributed by atoms with Crippen molar-refractivity contribution in [2.24, 2.45) is 0 Å². The van der Waals surface area contributed by atoms with Gasteiger partial charge in [-0.25, -0.2) is 0 Å². The summed E-state index contributed by atoms with van der Waals surface area (Å²) in [5.74, 6) is -0.124. The molecule has 24 heavy (non-hydrogen) atoms. The predicted molar refractivity (Wildman–Crippen MR) is 94.5 cm³/mol. The maximum absolute atomic E-state index is 12.5. The van der Waals surface area contributed by atoms with E-state index in [2.05, 4.69) is 34.9 Å². The van der Waals surface area contributed by atoms with Gasteiger partial charge in [0.2, 0.25) is 5.91 Å². The number of hydrogen-bond donors (Lipinski definition) is 2. The van der Waals surface area contributed by atoms with Crippen LogP contribution in [0.2, 0.25) is 0 Å². The molecule has 1 amide bonds. The molecular weight excluding hydrogens is 298 g/mol. The summed E-state index contributed by atoms with van der Waals surface area (Å²) in [6.07, 6.45) is 3.26. The Balaban J connectivity index is 1.68. The van der Waals surface area contributed by atoms with Crippen LogP contribution in [-0.4, -0.2) is 11.9 Å². The normalized spacial score (nSPS) is 17.4. The summed E-state index contributed by atoms with van der Waals surface area (Å²) in [6, 6.07) is 17.4. The highest BCUT2D eigenvalue weighted by Gasteiger charge is 2.23. The fraction of sp³-hybridized carbons (Fsp3) is 0.300. The summed E-state index contributed by atoms with van der Waals surface area (Å²) in [5.41, 5.74) is 3.69. The van der Waals surface area contributed by atoms with Gasteiger partial charge in [0.1, 0.15) is 6.07 Å². The monoisotopic (exact) mass is 319 g/mol. The highest BCUT2D eigenvalue weighted by molar-refractivity contribution is 5.95. The Morgan fingerprint density at radius 1 is 1.21 bits per heavy atom. The number of nitrogens with zero attached hydrogens (tertiary/aromatic N) is 1. The molecule has 4 nitrogen and oxygen atoms in total. The number of aryl methyl sites for hydroxylation is 1. The molecule has 2 atom stereocenters. The van der Waals surface area contributed by atoms with E-state index in [-0.39, 0.29) is 18.0 Å². The standard InChI is InChI=1S/C20H21N3O/c1-14(20(24)23-18-11-5-3-8-16(18)13-21)22-19-12-6-9-15-7-2-4-10-17(15)19/h2-5,7-8,10-11,14,19,22H,6,9,12H2,1H3,(H,23,24)/t14-,19-/m0/s1. The maximum atomic E-state index is 12.5. The third-order valence-corrected chi connectivity index (χ3v) is 4.52. The van der Waals surface area contributed by atoms with Gasteiger partial charge < -0.3 is 5.32 Å². The summed E-state index contributed by atoms with van der Waals surface area (Å²) in [4.78, 5) is 12.5. The van der Waals surface area contributed by atoms with Crippen molar-refractivity contribution in [2.45, 2.75) is 38.3 Å². The summed E-state index contributed by atoms with van der Waals surface area (Å²) < 4.78 is 0. The van der Waals surface area contributed by atoms with Gasteiger partial charge in [-0.15, -0.1) is 0 Å². The Bertz CT molecular complexity index is 778. The number of carbonyl (C=O) groups excluding carboxylic acids is 1. The van der Waals surface area contributed by atoms with E-state index in [0.29, 0.717) is 11.3 Å². The van der Waals surface area contributed by atoms with Crippen LogP contribution in [0.3, 0.4) is 0 Å². The summed E-state index contributed by atoms with van der Waals surface area (Å²) >= 11 is 0. The second kappa shape index (κ2) is 7.29. The van der Waals surface area contributed by atoms with Crippen LogP contribution in [0.15, 0.2) is 48.5 Å². The Labute approximate surface area is 142 Å². The van der Waals surface area contributed by atoms with Crippen LogP contribution in [0.1, 0.15) is 42.5 Å². The highest BCUT2D eigenvalue weighted by Crippen LogP contribution is 2.29. The number of carbonyl (C=O) groups is 1. The van der Waals surface area contributed by atoms with E-state index >= 15 is 0 Å². The lowest BCUT2D eigenvalue weighted by Crippen LogP contribution is -2.41. The SMILES string of the molecule is C[C@H](N[C@H]1CCCc2ccccc21)C(=O)Nc1ccccc1C#N. The Hall–Kier alpha value is -2.64. The molecule has 4 heteroatoms. The molecule has 1 aliphatic carbocycles. The summed E-state index contributed by atoms with van der Waals surface area (Å²) in [5, 5.41) is 15.4. The largest absolute Gasteiger partial charge is 0.324 e. The van der Waals surface area contributed by atoms with E-state index in [9.17, 15) is 4.79 Å². The number of anilines is 1. The number of amides is 1. The molecule has 0 saturated heterocycles. The van der Waals surface area contributed by atoms with Crippen molar-refractivity contribution in [3.8, 4) is 6.07 Å². The van der Waals surface area contributed by atoms with E-state index in [0.717, 1.165) is 19.3 Å². The zero-order valence-corrected chi connectivity index (χ0v) is 13.8. The first-order chi connectivity index (χ1) is 11.7. The summed E-state index contributed by atoms with van der Waals surface area (Å²) in [6.45, 7) is 1.86. The fourth-order valence-corrected chi connectivity index (χ4v) is 3.24. The third kappa shape index (κ3) is 3.47.